The molecular weight excluding hydrogens is 170 g/mol. The van der Waals surface area contributed by atoms with Crippen molar-refractivity contribution in [3.63, 3.8) is 0 Å². The van der Waals surface area contributed by atoms with E-state index in [1.807, 2.05) is 0 Å². The number of aliphatic hydroxyl groups is 5. The fourth-order valence-electron chi connectivity index (χ4n) is 1.08. The fourth-order valence-corrected chi connectivity index (χ4v) is 1.08. The summed E-state index contributed by atoms with van der Waals surface area (Å²) in [5.74, 6) is 0. The molecule has 0 aromatic heterocycles. The number of rotatable bonds is 1. The molecule has 0 aliphatic carbocycles. The lowest BCUT2D eigenvalue weighted by molar-refractivity contribution is -0.286. The van der Waals surface area contributed by atoms with E-state index in [0.717, 1.165) is 0 Å². The monoisotopic (exact) mass is 182 g/mol. The Morgan fingerprint density at radius 1 is 0.917 bits per heavy atom. The molecule has 1 aliphatic rings. The first-order valence-electron chi connectivity index (χ1n) is 3.56. The molecule has 5 atom stereocenters. The number of hydrogen-bond donors (Lipinski definition) is 5. The van der Waals surface area contributed by atoms with E-state index in [9.17, 15) is 0 Å². The van der Waals surface area contributed by atoms with Crippen molar-refractivity contribution < 1.29 is 30.3 Å². The van der Waals surface area contributed by atoms with Gasteiger partial charge < -0.3 is 30.3 Å². The van der Waals surface area contributed by atoms with Gasteiger partial charge in [-0.2, -0.15) is 0 Å². The zero-order chi connectivity index (χ0) is 9.30. The number of aliphatic hydroxyl groups excluding tert-OH is 5. The third-order valence-electron chi connectivity index (χ3n) is 1.87. The summed E-state index contributed by atoms with van der Waals surface area (Å²) in [7, 11) is 0. The Bertz CT molecular complexity index is 146. The van der Waals surface area contributed by atoms with Crippen LogP contribution < -0.4 is 0 Å². The molecule has 6 heteroatoms. The van der Waals surface area contributed by atoms with E-state index in [1.165, 1.54) is 0 Å². The highest BCUT2D eigenvalue weighted by atomic mass is 16.7. The maximum absolute atomic E-state index is 9.12. The second-order valence-corrected chi connectivity index (χ2v) is 2.72. The highest BCUT2D eigenvalue weighted by Gasteiger charge is 2.42. The predicted octanol–water partition coefficient (Wildman–Crippen LogP) is -3.22. The van der Waals surface area contributed by atoms with E-state index in [4.69, 9.17) is 25.5 Å². The summed E-state index contributed by atoms with van der Waals surface area (Å²) in [5, 5.41) is 44.7. The molecule has 1 rings (SSSR count). The summed E-state index contributed by atoms with van der Waals surface area (Å²) in [6, 6.07) is 0. The Kier molecular flexibility index (Phi) is 2.99. The van der Waals surface area contributed by atoms with Crippen molar-refractivity contribution in [3.8, 4) is 0 Å². The highest BCUT2D eigenvalue weighted by Crippen LogP contribution is 2.18. The van der Waals surface area contributed by atoms with Crippen molar-refractivity contribution in [1.29, 1.82) is 0 Å². The van der Waals surface area contributed by atoms with Crippen molar-refractivity contribution in [3.05, 3.63) is 0 Å². The zero-order valence-corrected chi connectivity index (χ0v) is 6.24. The number of ether oxygens (including phenoxy) is 1. The van der Waals surface area contributed by atoms with Crippen molar-refractivity contribution >= 4 is 0 Å². The Hall–Kier alpha value is -0.240. The van der Waals surface area contributed by atoms with E-state index >= 15 is 0 Å². The minimum atomic E-state index is -1.57. The molecule has 0 bridgehead atoms. The van der Waals surface area contributed by atoms with Crippen molar-refractivity contribution in [1.82, 2.24) is 0 Å². The topological polar surface area (TPSA) is 110 Å². The zero-order valence-electron chi connectivity index (χ0n) is 6.24. The fraction of sp³-hybridized carbons (Fsp3) is 1.00. The molecule has 0 radical (unpaired) electrons. The summed E-state index contributed by atoms with van der Waals surface area (Å²) in [6.07, 6.45) is -7.04. The smallest absolute Gasteiger partial charge is 0.184 e. The molecule has 1 heterocycles. The molecule has 1 fully saturated rings. The SMILES string of the molecule is O[13CH2][C@H]1O[13CH](O)[C@H](O)[C@@H](O)[C@H]1O. The summed E-state index contributed by atoms with van der Waals surface area (Å²) in [4.78, 5) is 0. The van der Waals surface area contributed by atoms with Crippen LogP contribution in [0, 0.1) is 0 Å². The van der Waals surface area contributed by atoms with Crippen LogP contribution in [0.15, 0.2) is 0 Å². The lowest BCUT2D eigenvalue weighted by Crippen LogP contribution is -2.58. The van der Waals surface area contributed by atoms with Gasteiger partial charge >= 0.3 is 0 Å². The molecule has 5 N–H and O–H groups in total. The van der Waals surface area contributed by atoms with Crippen LogP contribution in [0.25, 0.3) is 0 Å². The third kappa shape index (κ3) is 1.58. The summed E-state index contributed by atoms with van der Waals surface area (Å²) >= 11 is 0. The van der Waals surface area contributed by atoms with Gasteiger partial charge in [-0.1, -0.05) is 0 Å². The van der Waals surface area contributed by atoms with Crippen LogP contribution in [0.2, 0.25) is 0 Å². The highest BCUT2D eigenvalue weighted by molar-refractivity contribution is 4.87. The average molecular weight is 182 g/mol. The average Bonchev–Trinajstić information content (AvgIpc) is 2.08. The van der Waals surface area contributed by atoms with Crippen LogP contribution in [0.1, 0.15) is 0 Å². The minimum absolute atomic E-state index is 0.526. The van der Waals surface area contributed by atoms with Gasteiger partial charge in [0.05, 0.1) is 6.61 Å². The molecular formula is C6H12O6. The Morgan fingerprint density at radius 2 is 1.50 bits per heavy atom. The molecule has 12 heavy (non-hydrogen) atoms. The Morgan fingerprint density at radius 3 is 2.00 bits per heavy atom. The molecule has 0 amide bonds. The first kappa shape index (κ1) is 9.85. The summed E-state index contributed by atoms with van der Waals surface area (Å²) in [5.41, 5.74) is 0. The van der Waals surface area contributed by atoms with E-state index < -0.39 is 37.3 Å². The Balaban J connectivity index is 2.63. The van der Waals surface area contributed by atoms with Gasteiger partial charge in [-0.3, -0.25) is 0 Å². The van der Waals surface area contributed by atoms with Gasteiger partial charge in [0.15, 0.2) is 6.29 Å². The van der Waals surface area contributed by atoms with E-state index in [2.05, 4.69) is 4.74 Å². The first-order chi connectivity index (χ1) is 5.57. The van der Waals surface area contributed by atoms with Gasteiger partial charge in [0, 0.05) is 0 Å². The third-order valence-corrected chi connectivity index (χ3v) is 1.87. The normalized spacial score (nSPS) is 49.2. The standard InChI is InChI=1S/C6H12O6/c7-1-2-3(8)4(9)5(10)6(11)12-2/h2-11H,1H2/t2-,3+,4+,5-,6?/m1/s1/i1+1,6+1. The van der Waals surface area contributed by atoms with Gasteiger partial charge in [-0.15, -0.1) is 0 Å². The van der Waals surface area contributed by atoms with Crippen molar-refractivity contribution in [2.45, 2.75) is 30.7 Å². The van der Waals surface area contributed by atoms with Crippen LogP contribution >= 0.6 is 0 Å². The van der Waals surface area contributed by atoms with E-state index in [1.54, 1.807) is 0 Å². The molecule has 6 nitrogen and oxygen atoms in total. The van der Waals surface area contributed by atoms with Crippen LogP contribution in [0.3, 0.4) is 0 Å². The molecule has 0 saturated carbocycles. The van der Waals surface area contributed by atoms with Crippen LogP contribution in [-0.2, 0) is 4.74 Å². The van der Waals surface area contributed by atoms with Crippen LogP contribution in [-0.4, -0.2) is 62.8 Å². The second-order valence-electron chi connectivity index (χ2n) is 2.72. The lowest BCUT2D eigenvalue weighted by Gasteiger charge is -2.37. The van der Waals surface area contributed by atoms with Crippen LogP contribution in [0.5, 0.6) is 0 Å². The van der Waals surface area contributed by atoms with E-state index in [-0.39, 0.29) is 0 Å². The van der Waals surface area contributed by atoms with Crippen molar-refractivity contribution in [2.75, 3.05) is 6.61 Å². The quantitative estimate of drug-likeness (QED) is 0.273. The largest absolute Gasteiger partial charge is 0.394 e. The molecule has 72 valence electrons. The van der Waals surface area contributed by atoms with Gasteiger partial charge in [-0.05, 0) is 0 Å². The van der Waals surface area contributed by atoms with Crippen LogP contribution in [0.4, 0.5) is 0 Å². The molecule has 0 aromatic rings. The molecule has 1 aliphatic heterocycles. The van der Waals surface area contributed by atoms with Crippen molar-refractivity contribution in [2.24, 2.45) is 0 Å². The lowest BCUT2D eigenvalue weighted by atomic mass is 10.1. The molecule has 0 spiro atoms. The molecule has 1 saturated heterocycles. The van der Waals surface area contributed by atoms with Gasteiger partial charge in [0.2, 0.25) is 0 Å². The Labute approximate surface area is 68.6 Å². The molecule has 0 aromatic carbocycles. The predicted molar refractivity (Wildman–Crippen MR) is 36.0 cm³/mol. The second kappa shape index (κ2) is 3.65. The maximum atomic E-state index is 9.12. The first-order valence-corrected chi connectivity index (χ1v) is 3.56. The summed E-state index contributed by atoms with van der Waals surface area (Å²) in [6.45, 7) is -0.526. The minimum Gasteiger partial charge on any atom is -0.394 e. The summed E-state index contributed by atoms with van der Waals surface area (Å²) < 4.78 is 4.58. The van der Waals surface area contributed by atoms with Gasteiger partial charge in [0.25, 0.3) is 0 Å². The van der Waals surface area contributed by atoms with Gasteiger partial charge in [0.1, 0.15) is 24.4 Å². The van der Waals surface area contributed by atoms with Gasteiger partial charge in [-0.25, -0.2) is 0 Å². The maximum Gasteiger partial charge on any atom is 0.184 e. The van der Waals surface area contributed by atoms with E-state index in [0.29, 0.717) is 0 Å². The number of hydrogen-bond acceptors (Lipinski definition) is 6. The molecule has 1 unspecified atom stereocenters.